The van der Waals surface area contributed by atoms with Gasteiger partial charge in [0.1, 0.15) is 23.7 Å². The molecule has 1 aliphatic heterocycles. The highest BCUT2D eigenvalue weighted by atomic mass is 16.5. The summed E-state index contributed by atoms with van der Waals surface area (Å²) in [4.78, 5) is 25.0. The SMILES string of the molecule is CCOC(=O)C1=C(N)OC(C)=C(C(C)=O)[C@H]1c1ccc(OCc2ccccc2)cc1. The van der Waals surface area contributed by atoms with E-state index >= 15 is 0 Å². The van der Waals surface area contributed by atoms with Crippen molar-refractivity contribution in [3.8, 4) is 5.75 Å². The fourth-order valence-corrected chi connectivity index (χ4v) is 3.47. The van der Waals surface area contributed by atoms with Crippen molar-refractivity contribution < 1.29 is 23.8 Å². The van der Waals surface area contributed by atoms with Crippen LogP contribution in [0.3, 0.4) is 0 Å². The molecule has 0 aliphatic carbocycles. The molecule has 1 heterocycles. The van der Waals surface area contributed by atoms with Crippen LogP contribution in [0.2, 0.25) is 0 Å². The minimum absolute atomic E-state index is 0.0506. The van der Waals surface area contributed by atoms with E-state index in [1.165, 1.54) is 6.92 Å². The Morgan fingerprint density at radius 2 is 1.70 bits per heavy atom. The molecule has 1 atom stereocenters. The van der Waals surface area contributed by atoms with Gasteiger partial charge in [0.25, 0.3) is 0 Å². The van der Waals surface area contributed by atoms with Crippen LogP contribution in [-0.2, 0) is 25.7 Å². The second kappa shape index (κ2) is 9.31. The molecule has 0 unspecified atom stereocenters. The molecule has 0 saturated heterocycles. The third-order valence-electron chi connectivity index (χ3n) is 4.82. The number of ketones is 1. The Balaban J connectivity index is 1.91. The van der Waals surface area contributed by atoms with E-state index < -0.39 is 11.9 Å². The van der Waals surface area contributed by atoms with Crippen LogP contribution in [0.5, 0.6) is 5.75 Å². The van der Waals surface area contributed by atoms with Crippen molar-refractivity contribution in [1.29, 1.82) is 0 Å². The van der Waals surface area contributed by atoms with Gasteiger partial charge in [0.15, 0.2) is 5.78 Å². The lowest BCUT2D eigenvalue weighted by Gasteiger charge is -2.28. The maximum absolute atomic E-state index is 12.6. The van der Waals surface area contributed by atoms with Crippen LogP contribution in [0.25, 0.3) is 0 Å². The molecule has 3 rings (SSSR count). The first-order valence-corrected chi connectivity index (χ1v) is 9.75. The van der Waals surface area contributed by atoms with Gasteiger partial charge < -0.3 is 19.9 Å². The second-order valence-corrected chi connectivity index (χ2v) is 6.90. The summed E-state index contributed by atoms with van der Waals surface area (Å²) in [5, 5.41) is 0. The maximum Gasteiger partial charge on any atom is 0.340 e. The average molecular weight is 407 g/mol. The van der Waals surface area contributed by atoms with E-state index in [0.29, 0.717) is 23.7 Å². The first-order valence-electron chi connectivity index (χ1n) is 9.75. The van der Waals surface area contributed by atoms with E-state index in [1.54, 1.807) is 26.0 Å². The first-order chi connectivity index (χ1) is 14.4. The smallest absolute Gasteiger partial charge is 0.340 e. The summed E-state index contributed by atoms with van der Waals surface area (Å²) >= 11 is 0. The van der Waals surface area contributed by atoms with Crippen LogP contribution in [0.4, 0.5) is 0 Å². The second-order valence-electron chi connectivity index (χ2n) is 6.90. The van der Waals surface area contributed by atoms with Gasteiger partial charge in [-0.3, -0.25) is 4.79 Å². The van der Waals surface area contributed by atoms with Crippen LogP contribution < -0.4 is 10.5 Å². The van der Waals surface area contributed by atoms with E-state index in [-0.39, 0.29) is 23.8 Å². The number of allylic oxidation sites excluding steroid dienone is 2. The van der Waals surface area contributed by atoms with Crippen molar-refractivity contribution in [1.82, 2.24) is 0 Å². The zero-order valence-corrected chi connectivity index (χ0v) is 17.3. The van der Waals surface area contributed by atoms with Crippen LogP contribution in [0.15, 0.2) is 77.4 Å². The summed E-state index contributed by atoms with van der Waals surface area (Å²) in [5.41, 5.74) is 8.31. The molecule has 2 aromatic carbocycles. The number of Topliss-reactive ketones (excluding diaryl/α,β-unsaturated/α-hetero) is 1. The van der Waals surface area contributed by atoms with Crippen molar-refractivity contribution in [2.24, 2.45) is 5.73 Å². The summed E-state index contributed by atoms with van der Waals surface area (Å²) < 4.78 is 16.5. The predicted molar refractivity (Wildman–Crippen MR) is 112 cm³/mol. The zero-order chi connectivity index (χ0) is 21.7. The molecule has 0 saturated carbocycles. The normalized spacial score (nSPS) is 16.2. The minimum atomic E-state index is -0.668. The molecule has 0 amide bonds. The molecule has 1 aliphatic rings. The van der Waals surface area contributed by atoms with E-state index in [9.17, 15) is 9.59 Å². The van der Waals surface area contributed by atoms with E-state index in [4.69, 9.17) is 19.9 Å². The number of carbonyl (C=O) groups is 2. The standard InChI is InChI=1S/C24H25NO5/c1-4-28-24(27)22-21(20(15(2)26)16(3)30-23(22)25)18-10-12-19(13-11-18)29-14-17-8-6-5-7-9-17/h5-13,21H,4,14,25H2,1-3H3/t21-/m1/s1. The predicted octanol–water partition coefficient (Wildman–Crippen LogP) is 3.98. The van der Waals surface area contributed by atoms with Crippen LogP contribution in [0, 0.1) is 0 Å². The summed E-state index contributed by atoms with van der Waals surface area (Å²) in [6.07, 6.45) is 0. The molecule has 0 spiro atoms. The highest BCUT2D eigenvalue weighted by Crippen LogP contribution is 2.40. The fourth-order valence-electron chi connectivity index (χ4n) is 3.47. The van der Waals surface area contributed by atoms with Crippen molar-refractivity contribution in [3.63, 3.8) is 0 Å². The highest BCUT2D eigenvalue weighted by molar-refractivity contribution is 6.01. The number of nitrogens with two attached hydrogens (primary N) is 1. The van der Waals surface area contributed by atoms with E-state index in [1.807, 2.05) is 42.5 Å². The lowest BCUT2D eigenvalue weighted by atomic mass is 9.81. The largest absolute Gasteiger partial charge is 0.489 e. The maximum atomic E-state index is 12.6. The molecule has 2 N–H and O–H groups in total. The Bertz CT molecular complexity index is 990. The molecule has 6 nitrogen and oxygen atoms in total. The highest BCUT2D eigenvalue weighted by Gasteiger charge is 2.37. The summed E-state index contributed by atoms with van der Waals surface area (Å²) in [7, 11) is 0. The number of carbonyl (C=O) groups excluding carboxylic acids is 2. The number of hydrogen-bond donors (Lipinski definition) is 1. The third-order valence-corrected chi connectivity index (χ3v) is 4.82. The Morgan fingerprint density at radius 3 is 2.30 bits per heavy atom. The van der Waals surface area contributed by atoms with Crippen LogP contribution in [-0.4, -0.2) is 18.4 Å². The lowest BCUT2D eigenvalue weighted by molar-refractivity contribution is -0.139. The van der Waals surface area contributed by atoms with Gasteiger partial charge >= 0.3 is 5.97 Å². The first kappa shape index (κ1) is 21.2. The lowest BCUT2D eigenvalue weighted by Crippen LogP contribution is -2.28. The third kappa shape index (κ3) is 4.54. The van der Waals surface area contributed by atoms with Crippen molar-refractivity contribution in [2.45, 2.75) is 33.3 Å². The van der Waals surface area contributed by atoms with Crippen molar-refractivity contribution in [2.75, 3.05) is 6.61 Å². The topological polar surface area (TPSA) is 87.9 Å². The molecule has 6 heteroatoms. The van der Waals surface area contributed by atoms with Crippen LogP contribution >= 0.6 is 0 Å². The van der Waals surface area contributed by atoms with Gasteiger partial charge in [-0.15, -0.1) is 0 Å². The number of benzene rings is 2. The van der Waals surface area contributed by atoms with Gasteiger partial charge in [-0.25, -0.2) is 4.79 Å². The monoisotopic (exact) mass is 407 g/mol. The zero-order valence-electron chi connectivity index (χ0n) is 17.3. The molecule has 0 bridgehead atoms. The summed E-state index contributed by atoms with van der Waals surface area (Å²) in [6.45, 7) is 5.44. The average Bonchev–Trinajstić information content (AvgIpc) is 2.72. The van der Waals surface area contributed by atoms with Gasteiger partial charge in [0, 0.05) is 5.57 Å². The quantitative estimate of drug-likeness (QED) is 0.699. The minimum Gasteiger partial charge on any atom is -0.489 e. The Morgan fingerprint density at radius 1 is 1.03 bits per heavy atom. The molecule has 156 valence electrons. The summed E-state index contributed by atoms with van der Waals surface area (Å²) in [6, 6.07) is 17.1. The van der Waals surface area contributed by atoms with Crippen LogP contribution in [0.1, 0.15) is 37.8 Å². The van der Waals surface area contributed by atoms with Gasteiger partial charge in [-0.05, 0) is 44.0 Å². The Hall–Kier alpha value is -3.54. The number of hydrogen-bond acceptors (Lipinski definition) is 6. The van der Waals surface area contributed by atoms with E-state index in [2.05, 4.69) is 0 Å². The number of ether oxygens (including phenoxy) is 3. The molecule has 0 aromatic heterocycles. The molecule has 0 radical (unpaired) electrons. The molecular weight excluding hydrogens is 382 g/mol. The van der Waals surface area contributed by atoms with Gasteiger partial charge in [-0.2, -0.15) is 0 Å². The Labute approximate surface area is 175 Å². The number of esters is 1. The summed E-state index contributed by atoms with van der Waals surface area (Å²) in [5.74, 6) is -0.465. The van der Waals surface area contributed by atoms with Crippen molar-refractivity contribution in [3.05, 3.63) is 88.5 Å². The molecule has 0 fully saturated rings. The van der Waals surface area contributed by atoms with Gasteiger partial charge in [0.05, 0.1) is 12.5 Å². The van der Waals surface area contributed by atoms with Gasteiger partial charge in [0.2, 0.25) is 5.88 Å². The molecule has 30 heavy (non-hydrogen) atoms. The van der Waals surface area contributed by atoms with Gasteiger partial charge in [-0.1, -0.05) is 42.5 Å². The molecule has 2 aromatic rings. The molecular formula is C24H25NO5. The Kier molecular flexibility index (Phi) is 6.57. The fraction of sp³-hybridized carbons (Fsp3) is 0.250. The number of rotatable bonds is 7. The van der Waals surface area contributed by atoms with Crippen molar-refractivity contribution >= 4 is 11.8 Å². The van der Waals surface area contributed by atoms with E-state index in [0.717, 1.165) is 11.1 Å².